The van der Waals surface area contributed by atoms with E-state index in [4.69, 9.17) is 0 Å². The molecule has 0 amide bonds. The van der Waals surface area contributed by atoms with Crippen LogP contribution in [0.2, 0.25) is 0 Å². The van der Waals surface area contributed by atoms with Crippen LogP contribution in [0.5, 0.6) is 0 Å². The highest BCUT2D eigenvalue weighted by Crippen LogP contribution is 2.45. The molecule has 2 atom stereocenters. The number of rotatable bonds is 4. The smallest absolute Gasteiger partial charge is 0.0315 e. The molecular weight excluding hydrogens is 270 g/mol. The Morgan fingerprint density at radius 1 is 1.14 bits per heavy atom. The maximum absolute atomic E-state index is 3.80. The standard InChI is InChI=1S/C19H27N3/c1-2-4-15(5-3-1)11-22-7-6-17-12-21(13-18(17)22)14-19-8-16(9-19)10-20-19/h1-5,16-18,20H,6-14H2/t16?,17-,18+,19?/m1/s1. The Kier molecular flexibility index (Phi) is 3.11. The van der Waals surface area contributed by atoms with Crippen molar-refractivity contribution < 1.29 is 0 Å². The lowest BCUT2D eigenvalue weighted by molar-refractivity contribution is 0.138. The van der Waals surface area contributed by atoms with Crippen LogP contribution in [0.4, 0.5) is 0 Å². The van der Waals surface area contributed by atoms with E-state index in [1.54, 1.807) is 0 Å². The van der Waals surface area contributed by atoms with Crippen LogP contribution in [-0.2, 0) is 6.54 Å². The van der Waals surface area contributed by atoms with E-state index in [-0.39, 0.29) is 0 Å². The molecule has 4 aliphatic heterocycles. The lowest BCUT2D eigenvalue weighted by Gasteiger charge is -2.41. The van der Waals surface area contributed by atoms with Gasteiger partial charge in [-0.15, -0.1) is 0 Å². The minimum Gasteiger partial charge on any atom is -0.310 e. The van der Waals surface area contributed by atoms with E-state index < -0.39 is 0 Å². The third kappa shape index (κ3) is 2.22. The normalized spacial score (nSPS) is 40.8. The minimum absolute atomic E-state index is 0.508. The molecule has 2 bridgehead atoms. The van der Waals surface area contributed by atoms with Crippen LogP contribution >= 0.6 is 0 Å². The summed E-state index contributed by atoms with van der Waals surface area (Å²) in [6.45, 7) is 7.65. The van der Waals surface area contributed by atoms with Crippen molar-refractivity contribution in [3.05, 3.63) is 35.9 Å². The molecule has 3 heteroatoms. The van der Waals surface area contributed by atoms with Gasteiger partial charge in [-0.2, -0.15) is 0 Å². The molecule has 0 radical (unpaired) electrons. The van der Waals surface area contributed by atoms with Gasteiger partial charge in [0.15, 0.2) is 0 Å². The average Bonchev–Trinajstić information content (AvgIpc) is 3.23. The SMILES string of the molecule is c1ccc(CN2CC[C@@H]3CN(CC45CC(CN4)C5)C[C@@H]32)cc1. The first kappa shape index (κ1) is 13.5. The second kappa shape index (κ2) is 5.05. The van der Waals surface area contributed by atoms with Crippen molar-refractivity contribution in [2.24, 2.45) is 11.8 Å². The van der Waals surface area contributed by atoms with E-state index in [0.29, 0.717) is 5.54 Å². The monoisotopic (exact) mass is 297 g/mol. The number of nitrogens with zero attached hydrogens (tertiary/aromatic N) is 2. The van der Waals surface area contributed by atoms with Crippen molar-refractivity contribution in [3.8, 4) is 0 Å². The highest BCUT2D eigenvalue weighted by molar-refractivity contribution is 5.16. The molecule has 4 heterocycles. The number of hydrogen-bond donors (Lipinski definition) is 1. The summed E-state index contributed by atoms with van der Waals surface area (Å²) in [6, 6.07) is 11.8. The van der Waals surface area contributed by atoms with Gasteiger partial charge in [0.25, 0.3) is 0 Å². The van der Waals surface area contributed by atoms with E-state index in [9.17, 15) is 0 Å². The molecule has 1 saturated carbocycles. The molecule has 0 aromatic heterocycles. The summed E-state index contributed by atoms with van der Waals surface area (Å²) < 4.78 is 0. The highest BCUT2D eigenvalue weighted by Gasteiger charge is 2.52. The summed E-state index contributed by atoms with van der Waals surface area (Å²) >= 11 is 0. The van der Waals surface area contributed by atoms with Crippen LogP contribution in [0.25, 0.3) is 0 Å². The van der Waals surface area contributed by atoms with Gasteiger partial charge < -0.3 is 5.32 Å². The summed E-state index contributed by atoms with van der Waals surface area (Å²) in [5, 5.41) is 3.80. The van der Waals surface area contributed by atoms with Gasteiger partial charge in [-0.1, -0.05) is 30.3 Å². The number of hydrogen-bond acceptors (Lipinski definition) is 3. The minimum atomic E-state index is 0.508. The Morgan fingerprint density at radius 2 is 2.00 bits per heavy atom. The van der Waals surface area contributed by atoms with Crippen LogP contribution in [-0.4, -0.2) is 54.1 Å². The van der Waals surface area contributed by atoms with Gasteiger partial charge in [0.2, 0.25) is 0 Å². The number of fused-ring (bicyclic) bond motifs is 2. The van der Waals surface area contributed by atoms with Gasteiger partial charge in [-0.05, 0) is 49.8 Å². The predicted molar refractivity (Wildman–Crippen MR) is 88.6 cm³/mol. The predicted octanol–water partition coefficient (Wildman–Crippen LogP) is 1.94. The van der Waals surface area contributed by atoms with Crippen molar-refractivity contribution in [2.75, 3.05) is 32.7 Å². The van der Waals surface area contributed by atoms with Crippen molar-refractivity contribution in [3.63, 3.8) is 0 Å². The molecule has 0 spiro atoms. The summed E-state index contributed by atoms with van der Waals surface area (Å²) in [5.41, 5.74) is 1.98. The number of nitrogens with one attached hydrogen (secondary N) is 1. The van der Waals surface area contributed by atoms with E-state index in [1.807, 2.05) is 0 Å². The summed E-state index contributed by atoms with van der Waals surface area (Å²) in [5.74, 6) is 1.91. The first-order valence-corrected chi connectivity index (χ1v) is 9.05. The van der Waals surface area contributed by atoms with Crippen LogP contribution in [0.15, 0.2) is 30.3 Å². The molecule has 22 heavy (non-hydrogen) atoms. The molecule has 1 aromatic rings. The fourth-order valence-electron chi connectivity index (χ4n) is 5.59. The van der Waals surface area contributed by atoms with Gasteiger partial charge in [0, 0.05) is 37.8 Å². The Balaban J connectivity index is 1.22. The average molecular weight is 297 g/mol. The zero-order valence-electron chi connectivity index (χ0n) is 13.4. The van der Waals surface area contributed by atoms with Crippen LogP contribution in [0.3, 0.4) is 0 Å². The second-order valence-electron chi connectivity index (χ2n) is 8.20. The number of benzene rings is 1. The Morgan fingerprint density at radius 3 is 2.77 bits per heavy atom. The summed E-state index contributed by atoms with van der Waals surface area (Å²) in [7, 11) is 0. The van der Waals surface area contributed by atoms with Crippen molar-refractivity contribution in [1.29, 1.82) is 0 Å². The topological polar surface area (TPSA) is 18.5 Å². The molecule has 3 nitrogen and oxygen atoms in total. The molecule has 1 N–H and O–H groups in total. The molecule has 5 aliphatic rings. The van der Waals surface area contributed by atoms with Crippen LogP contribution in [0, 0.1) is 11.8 Å². The largest absolute Gasteiger partial charge is 0.310 e. The fraction of sp³-hybridized carbons (Fsp3) is 0.684. The molecule has 0 unspecified atom stereocenters. The van der Waals surface area contributed by atoms with Crippen LogP contribution in [0.1, 0.15) is 24.8 Å². The second-order valence-corrected chi connectivity index (χ2v) is 8.20. The van der Waals surface area contributed by atoms with E-state index in [2.05, 4.69) is 45.4 Å². The van der Waals surface area contributed by atoms with E-state index in [0.717, 1.165) is 24.4 Å². The van der Waals surface area contributed by atoms with Crippen molar-refractivity contribution >= 4 is 0 Å². The molecule has 118 valence electrons. The maximum Gasteiger partial charge on any atom is 0.0315 e. The van der Waals surface area contributed by atoms with Gasteiger partial charge in [0.1, 0.15) is 0 Å². The third-order valence-electron chi connectivity index (χ3n) is 6.62. The summed E-state index contributed by atoms with van der Waals surface area (Å²) in [6.07, 6.45) is 4.27. The summed E-state index contributed by atoms with van der Waals surface area (Å²) in [4.78, 5) is 5.50. The maximum atomic E-state index is 3.80. The van der Waals surface area contributed by atoms with Gasteiger partial charge in [-0.25, -0.2) is 0 Å². The fourth-order valence-corrected chi connectivity index (χ4v) is 5.59. The van der Waals surface area contributed by atoms with Crippen LogP contribution < -0.4 is 5.32 Å². The van der Waals surface area contributed by atoms with E-state index in [1.165, 1.54) is 57.5 Å². The van der Waals surface area contributed by atoms with Crippen molar-refractivity contribution in [2.45, 2.75) is 37.4 Å². The molecule has 1 aromatic carbocycles. The Labute approximate surface area is 133 Å². The van der Waals surface area contributed by atoms with E-state index >= 15 is 0 Å². The number of likely N-dealkylation sites (tertiary alicyclic amines) is 2. The molecule has 4 saturated heterocycles. The Bertz CT molecular complexity index is 531. The van der Waals surface area contributed by atoms with Gasteiger partial charge in [-0.3, -0.25) is 9.80 Å². The molecule has 1 aliphatic carbocycles. The quantitative estimate of drug-likeness (QED) is 0.916. The zero-order chi connectivity index (χ0) is 14.6. The van der Waals surface area contributed by atoms with Crippen molar-refractivity contribution in [1.82, 2.24) is 15.1 Å². The van der Waals surface area contributed by atoms with Gasteiger partial charge in [0.05, 0.1) is 0 Å². The zero-order valence-corrected chi connectivity index (χ0v) is 13.4. The van der Waals surface area contributed by atoms with Gasteiger partial charge >= 0.3 is 0 Å². The first-order chi connectivity index (χ1) is 10.8. The lowest BCUT2D eigenvalue weighted by Crippen LogP contribution is -2.52. The first-order valence-electron chi connectivity index (χ1n) is 9.05. The molecular formula is C19H27N3. The molecule has 5 fully saturated rings. The third-order valence-corrected chi connectivity index (χ3v) is 6.62. The highest BCUT2D eigenvalue weighted by atomic mass is 15.3. The lowest BCUT2D eigenvalue weighted by atomic mass is 9.73. The Hall–Kier alpha value is -0.900. The molecule has 6 rings (SSSR count).